The summed E-state index contributed by atoms with van der Waals surface area (Å²) < 4.78 is 69.1. The molecule has 11 fully saturated rings. The highest BCUT2D eigenvalue weighted by Gasteiger charge is 2.70. The topological polar surface area (TPSA) is 325 Å². The number of ether oxygens (including phenoxy) is 13. The Morgan fingerprint density at radius 1 is 0.481 bits per heavy atom. The van der Waals surface area contributed by atoms with Crippen LogP contribution in [0.5, 0.6) is 0 Å². The molecular formula is C81H130O25. The number of fused-ring (bicyclic) bond motifs is 2. The van der Waals surface area contributed by atoms with Gasteiger partial charge in [0.05, 0.1) is 82.2 Å². The second kappa shape index (κ2) is 32.7. The van der Waals surface area contributed by atoms with E-state index in [-0.39, 0.29) is 156 Å². The van der Waals surface area contributed by atoms with Crippen molar-refractivity contribution in [1.29, 1.82) is 0 Å². The smallest absolute Gasteiger partial charge is 0.312 e. The Bertz CT molecular complexity index is 3270. The molecule has 7 saturated heterocycles. The van der Waals surface area contributed by atoms with Crippen molar-refractivity contribution in [2.45, 2.75) is 348 Å². The van der Waals surface area contributed by atoms with Gasteiger partial charge in [-0.05, 0) is 223 Å². The van der Waals surface area contributed by atoms with E-state index in [1.54, 1.807) is 41.5 Å². The summed E-state index contributed by atoms with van der Waals surface area (Å²) >= 11 is 0. The predicted molar refractivity (Wildman–Crippen MR) is 387 cm³/mol. The van der Waals surface area contributed by atoms with Crippen molar-refractivity contribution in [1.82, 2.24) is 0 Å². The molecule has 7 heterocycles. The highest BCUT2D eigenvalue weighted by molar-refractivity contribution is 5.83. The molecule has 0 N–H and O–H groups in total. The van der Waals surface area contributed by atoms with Crippen LogP contribution in [0, 0.1) is 73.4 Å². The third-order valence-electron chi connectivity index (χ3n) is 24.6. The summed E-state index contributed by atoms with van der Waals surface area (Å²) in [6, 6.07) is 0. The molecule has 25 heteroatoms. The van der Waals surface area contributed by atoms with Gasteiger partial charge in [-0.3, -0.25) is 57.5 Å². The average molecular weight is 1500 g/mol. The van der Waals surface area contributed by atoms with Crippen LogP contribution in [0.25, 0.3) is 0 Å². The normalized spacial score (nSPS) is 32.2. The van der Waals surface area contributed by atoms with Gasteiger partial charge in [0.2, 0.25) is 0 Å². The number of hydrogen-bond acceptors (Lipinski definition) is 25. The fraction of sp³-hybridized carbons (Fsp3) is 0.852. The summed E-state index contributed by atoms with van der Waals surface area (Å²) in [7, 11) is 1.52. The van der Waals surface area contributed by atoms with E-state index < -0.39 is 67.3 Å². The van der Waals surface area contributed by atoms with Gasteiger partial charge in [0.25, 0.3) is 0 Å². The Morgan fingerprint density at radius 3 is 1.35 bits per heavy atom. The highest BCUT2D eigenvalue weighted by atomic mass is 16.6. The maximum absolute atomic E-state index is 12.3. The van der Waals surface area contributed by atoms with Crippen LogP contribution in [0.2, 0.25) is 0 Å². The zero-order valence-corrected chi connectivity index (χ0v) is 69.4. The molecule has 14 unspecified atom stereocenters. The first kappa shape index (κ1) is 90.2. The minimum atomic E-state index is -0.884. The van der Waals surface area contributed by atoms with E-state index in [1.807, 2.05) is 152 Å². The molecule has 11 aliphatic rings. The molecule has 4 bridgehead atoms. The third kappa shape index (κ3) is 20.3. The minimum absolute atomic E-state index is 0.0564. The molecule has 14 atom stereocenters. The van der Waals surface area contributed by atoms with E-state index in [0.29, 0.717) is 37.7 Å². The third-order valence-corrected chi connectivity index (χ3v) is 24.6. The number of esters is 12. The first-order valence-electron chi connectivity index (χ1n) is 38.2. The summed E-state index contributed by atoms with van der Waals surface area (Å²) in [6.45, 7) is 53.1. The second-order valence-corrected chi connectivity index (χ2v) is 37.6. The summed E-state index contributed by atoms with van der Waals surface area (Å²) in [6.07, 6.45) is 7.54. The molecule has 106 heavy (non-hydrogen) atoms. The summed E-state index contributed by atoms with van der Waals surface area (Å²) in [5.41, 5.74) is -7.14. The number of hydrogen-bond donors (Lipinski definition) is 0. The van der Waals surface area contributed by atoms with Crippen LogP contribution in [-0.2, 0) is 119 Å². The van der Waals surface area contributed by atoms with Crippen molar-refractivity contribution in [3.8, 4) is 0 Å². The zero-order valence-electron chi connectivity index (χ0n) is 69.4. The van der Waals surface area contributed by atoms with Crippen molar-refractivity contribution < 1.29 is 119 Å². The van der Waals surface area contributed by atoms with E-state index >= 15 is 0 Å². The first-order chi connectivity index (χ1) is 48.2. The first-order valence-corrected chi connectivity index (χ1v) is 38.2. The largest absolute Gasteiger partial charge is 0.465 e. The van der Waals surface area contributed by atoms with Gasteiger partial charge in [-0.1, -0.05) is 34.6 Å². The SMILES string of the molecule is CC1(C)CC(C)(C)C(=O)O1.CC1(C)CCOC1=O.CCC(C)(C)C(=O)OC1(C)C2CC3C(=O)OC1C3C2.CCC(C)(C)C(=O)OC1(C)CC(=O)OC1(C)C.CCC(C)(C)C(=O)OC1C2CC3C(=O)OC1C3C2.CCC(C)(C)C(=O)OC1CC(=O)OC1(C)C.CCC(C)(C)C(=O)OC1CC(=O)OC1(C)COC. The van der Waals surface area contributed by atoms with Crippen LogP contribution in [0.4, 0.5) is 0 Å². The van der Waals surface area contributed by atoms with Gasteiger partial charge in [0.1, 0.15) is 40.7 Å². The van der Waals surface area contributed by atoms with Crippen molar-refractivity contribution in [3.63, 3.8) is 0 Å². The monoisotopic (exact) mass is 1500 g/mol. The van der Waals surface area contributed by atoms with Gasteiger partial charge in [-0.2, -0.15) is 0 Å². The quantitative estimate of drug-likeness (QED) is 0.0964. The van der Waals surface area contributed by atoms with Crippen molar-refractivity contribution >= 4 is 71.6 Å². The van der Waals surface area contributed by atoms with Gasteiger partial charge in [-0.15, -0.1) is 0 Å². The average Bonchev–Trinajstić information content (AvgIpc) is 1.55. The number of carbonyl (C=O) groups is 12. The van der Waals surface area contributed by atoms with Gasteiger partial charge in [-0.25, -0.2) is 0 Å². The molecule has 4 aliphatic carbocycles. The number of carbonyl (C=O) groups excluding carboxylic acids is 12. The molecule has 604 valence electrons. The fourth-order valence-electron chi connectivity index (χ4n) is 14.3. The fourth-order valence-corrected chi connectivity index (χ4v) is 14.3. The number of cyclic esters (lactones) is 5. The molecule has 0 spiro atoms. The van der Waals surface area contributed by atoms with Crippen LogP contribution >= 0.6 is 0 Å². The van der Waals surface area contributed by atoms with E-state index in [2.05, 4.69) is 0 Å². The van der Waals surface area contributed by atoms with E-state index in [9.17, 15) is 57.5 Å². The molecule has 0 aromatic rings. The Hall–Kier alpha value is -6.40. The van der Waals surface area contributed by atoms with Crippen molar-refractivity contribution in [2.24, 2.45) is 73.4 Å². The Kier molecular flexibility index (Phi) is 27.8. The maximum atomic E-state index is 12.3. The lowest BCUT2D eigenvalue weighted by molar-refractivity contribution is -0.188. The molecule has 0 radical (unpaired) electrons. The lowest BCUT2D eigenvalue weighted by Crippen LogP contribution is -2.49. The van der Waals surface area contributed by atoms with E-state index in [4.69, 9.17) is 61.6 Å². The molecule has 0 aromatic carbocycles. The van der Waals surface area contributed by atoms with Crippen LogP contribution < -0.4 is 0 Å². The van der Waals surface area contributed by atoms with Gasteiger partial charge in [0.15, 0.2) is 23.4 Å². The van der Waals surface area contributed by atoms with E-state index in [1.165, 1.54) is 7.11 Å². The van der Waals surface area contributed by atoms with E-state index in [0.717, 1.165) is 51.4 Å². The van der Waals surface area contributed by atoms with Crippen molar-refractivity contribution in [2.75, 3.05) is 20.3 Å². The standard InChI is InChI=1S/C15H22O4.C14H20O4.C13H22O5.C13H22O4.C12H20O4.C8H14O2.C6H10O2/c1-5-14(2,3)13(17)19-15(4)8-6-9-10(7-8)12(16)18-11(9)15;1-4-14(2,3)13(16)18-10-7-5-8-9(6-7)12(15)17-11(8)10;1-6-12(2,3)11(15)17-9-7-10(14)18-13(9,4)8-16-5;1-7-11(2,3)10(15)17-13(6)8-9(14)16-12(13,4)5;1-6-11(2,3)10(14)15-8-7-9(13)16-12(8,4)5;1-7(2)5-8(3,4)10-6(7)9;1-6(2)3-4-8-5(6)7/h8-11H,5-7H2,1-4H3;7-11H,4-6H2,1-3H3;9H,6-8H2,1-5H3;7-8H2,1-6H3;8H,6-7H2,1-5H3;5H2,1-4H3;3-4H2,1-2H3. The summed E-state index contributed by atoms with van der Waals surface area (Å²) in [5, 5.41) is 0. The Labute approximate surface area is 629 Å². The van der Waals surface area contributed by atoms with Gasteiger partial charge in [0, 0.05) is 37.2 Å². The molecule has 7 aliphatic heterocycles. The summed E-state index contributed by atoms with van der Waals surface area (Å²) in [4.78, 5) is 139. The van der Waals surface area contributed by atoms with Crippen LogP contribution in [0.1, 0.15) is 284 Å². The summed E-state index contributed by atoms with van der Waals surface area (Å²) in [5.74, 6) is -1.20. The molecule has 11 rings (SSSR count). The van der Waals surface area contributed by atoms with Gasteiger partial charge < -0.3 is 61.6 Å². The molecule has 0 amide bonds. The number of rotatable bonds is 17. The second-order valence-electron chi connectivity index (χ2n) is 37.6. The van der Waals surface area contributed by atoms with Gasteiger partial charge >= 0.3 is 71.6 Å². The predicted octanol–water partition coefficient (Wildman–Crippen LogP) is 13.1. The number of methoxy groups -OCH3 is 1. The molecular weight excluding hydrogens is 1370 g/mol. The lowest BCUT2D eigenvalue weighted by atomic mass is 9.79. The van der Waals surface area contributed by atoms with Crippen molar-refractivity contribution in [3.05, 3.63) is 0 Å². The van der Waals surface area contributed by atoms with Crippen LogP contribution in [0.15, 0.2) is 0 Å². The highest BCUT2D eigenvalue weighted by Crippen LogP contribution is 2.61. The molecule has 0 aromatic heterocycles. The lowest BCUT2D eigenvalue weighted by Gasteiger charge is -2.38. The molecule has 4 saturated carbocycles. The molecule has 25 nitrogen and oxygen atoms in total. The van der Waals surface area contributed by atoms with Crippen LogP contribution in [0.3, 0.4) is 0 Å². The Balaban J connectivity index is 0.000000225. The minimum Gasteiger partial charge on any atom is -0.465 e. The maximum Gasteiger partial charge on any atom is 0.312 e. The Morgan fingerprint density at radius 2 is 0.943 bits per heavy atom. The zero-order chi connectivity index (χ0) is 81.3. The van der Waals surface area contributed by atoms with Crippen LogP contribution in [-0.4, -0.2) is 156 Å².